The number of unbranched alkanes of at least 4 members (excludes halogenated alkanes) is 16. The predicted molar refractivity (Wildman–Crippen MR) is 161 cm³/mol. The molecule has 44 heavy (non-hydrogen) atoms. The SMILES string of the molecule is CCCCCCCCCCCCCCCCCCCC(=O)O[C@@H]1[C@H](O)[C@@H](O)[C@H](O)[C@@H](O)[C@@H]1O[C@@H]1O[C@H](CO)[C@@H](O)[C@H](O)[C@@H]1O. The van der Waals surface area contributed by atoms with E-state index in [-0.39, 0.29) is 6.42 Å². The molecule has 12 heteroatoms. The smallest absolute Gasteiger partial charge is 0.306 e. The fourth-order valence-electron chi connectivity index (χ4n) is 6.02. The number of esters is 1. The second-order valence-electron chi connectivity index (χ2n) is 12.6. The van der Waals surface area contributed by atoms with E-state index in [0.29, 0.717) is 6.42 Å². The zero-order valence-corrected chi connectivity index (χ0v) is 26.5. The van der Waals surface area contributed by atoms with Crippen LogP contribution in [0.1, 0.15) is 122 Å². The molecule has 0 unspecified atom stereocenters. The number of aliphatic hydroxyl groups excluding tert-OH is 8. The topological polar surface area (TPSA) is 207 Å². The summed E-state index contributed by atoms with van der Waals surface area (Å²) in [7, 11) is 0. The summed E-state index contributed by atoms with van der Waals surface area (Å²) in [5.41, 5.74) is 0. The molecule has 1 saturated heterocycles. The lowest BCUT2D eigenvalue weighted by Gasteiger charge is -2.46. The molecule has 0 aromatic heterocycles. The van der Waals surface area contributed by atoms with Crippen molar-refractivity contribution in [3.05, 3.63) is 0 Å². The van der Waals surface area contributed by atoms with E-state index in [1.807, 2.05) is 0 Å². The lowest BCUT2D eigenvalue weighted by atomic mass is 9.84. The van der Waals surface area contributed by atoms with Gasteiger partial charge in [0.25, 0.3) is 0 Å². The Morgan fingerprint density at radius 1 is 0.545 bits per heavy atom. The van der Waals surface area contributed by atoms with Crippen molar-refractivity contribution in [1.29, 1.82) is 0 Å². The van der Waals surface area contributed by atoms with Crippen LogP contribution in [0.3, 0.4) is 0 Å². The standard InChI is InChI=1S/C32H60O12/c1-2-3-4-5-6-7-8-9-10-11-12-13-14-15-16-17-18-19-22(34)43-30-27(39)25(37)26(38)28(40)31(30)44-32-29(41)24(36)23(35)21(20-33)42-32/h21,23-33,35-41H,2-20H2,1H3/t21-,23-,24+,25+,26+,27-,28-,29+,30-,31+,32+/m1/s1. The Kier molecular flexibility index (Phi) is 19.4. The number of carbonyl (C=O) groups excluding carboxylic acids is 1. The molecule has 0 bridgehead atoms. The minimum atomic E-state index is -1.88. The fourth-order valence-corrected chi connectivity index (χ4v) is 6.02. The van der Waals surface area contributed by atoms with Gasteiger partial charge in [-0.2, -0.15) is 0 Å². The van der Waals surface area contributed by atoms with Gasteiger partial charge in [0, 0.05) is 6.42 Å². The van der Waals surface area contributed by atoms with Crippen LogP contribution in [0.2, 0.25) is 0 Å². The average molecular weight is 637 g/mol. The molecular formula is C32H60O12. The number of hydrogen-bond acceptors (Lipinski definition) is 12. The Bertz CT molecular complexity index is 755. The summed E-state index contributed by atoms with van der Waals surface area (Å²) in [4.78, 5) is 12.6. The van der Waals surface area contributed by atoms with Crippen LogP contribution in [0.5, 0.6) is 0 Å². The van der Waals surface area contributed by atoms with Gasteiger partial charge in [-0.15, -0.1) is 0 Å². The molecule has 0 radical (unpaired) electrons. The lowest BCUT2D eigenvalue weighted by Crippen LogP contribution is -2.67. The Morgan fingerprint density at radius 3 is 1.41 bits per heavy atom. The third-order valence-electron chi connectivity index (χ3n) is 8.94. The first-order chi connectivity index (χ1) is 21.1. The van der Waals surface area contributed by atoms with Crippen molar-refractivity contribution in [2.24, 2.45) is 0 Å². The van der Waals surface area contributed by atoms with Crippen LogP contribution >= 0.6 is 0 Å². The highest BCUT2D eigenvalue weighted by molar-refractivity contribution is 5.69. The van der Waals surface area contributed by atoms with Gasteiger partial charge in [-0.05, 0) is 6.42 Å². The number of hydrogen-bond donors (Lipinski definition) is 8. The van der Waals surface area contributed by atoms with E-state index in [9.17, 15) is 45.6 Å². The second-order valence-corrected chi connectivity index (χ2v) is 12.6. The number of aliphatic hydroxyl groups is 8. The van der Waals surface area contributed by atoms with Crippen molar-refractivity contribution in [3.8, 4) is 0 Å². The van der Waals surface area contributed by atoms with Gasteiger partial charge in [0.1, 0.15) is 54.9 Å². The maximum atomic E-state index is 12.6. The summed E-state index contributed by atoms with van der Waals surface area (Å²) in [5, 5.41) is 81.2. The van der Waals surface area contributed by atoms with E-state index in [4.69, 9.17) is 14.2 Å². The van der Waals surface area contributed by atoms with E-state index in [1.165, 1.54) is 77.0 Å². The molecule has 0 aromatic carbocycles. The van der Waals surface area contributed by atoms with Gasteiger partial charge in [-0.3, -0.25) is 4.79 Å². The normalized spacial score (nSPS) is 34.2. The Morgan fingerprint density at radius 2 is 0.955 bits per heavy atom. The highest BCUT2D eigenvalue weighted by Crippen LogP contribution is 2.31. The lowest BCUT2D eigenvalue weighted by molar-refractivity contribution is -0.340. The summed E-state index contributed by atoms with van der Waals surface area (Å²) < 4.78 is 16.2. The molecule has 1 aliphatic heterocycles. The van der Waals surface area contributed by atoms with Crippen molar-refractivity contribution in [1.82, 2.24) is 0 Å². The van der Waals surface area contributed by atoms with Gasteiger partial charge in [0.15, 0.2) is 12.4 Å². The van der Waals surface area contributed by atoms with E-state index >= 15 is 0 Å². The number of rotatable bonds is 22. The first kappa shape index (κ1) is 39.2. The highest BCUT2D eigenvalue weighted by atomic mass is 16.7. The highest BCUT2D eigenvalue weighted by Gasteiger charge is 2.54. The Balaban J connectivity index is 1.66. The maximum Gasteiger partial charge on any atom is 0.306 e. The quantitative estimate of drug-likeness (QED) is 0.0630. The molecule has 2 aliphatic rings. The first-order valence-corrected chi connectivity index (χ1v) is 17.0. The molecule has 0 amide bonds. The van der Waals surface area contributed by atoms with Crippen LogP contribution in [0.4, 0.5) is 0 Å². The molecule has 0 spiro atoms. The van der Waals surface area contributed by atoms with E-state index in [0.717, 1.165) is 25.7 Å². The van der Waals surface area contributed by atoms with Gasteiger partial charge in [-0.1, -0.05) is 110 Å². The van der Waals surface area contributed by atoms with E-state index in [2.05, 4.69) is 6.92 Å². The fraction of sp³-hybridized carbons (Fsp3) is 0.969. The van der Waals surface area contributed by atoms with Gasteiger partial charge < -0.3 is 55.1 Å². The van der Waals surface area contributed by atoms with Crippen molar-refractivity contribution < 1.29 is 59.9 Å². The first-order valence-electron chi connectivity index (χ1n) is 17.0. The van der Waals surface area contributed by atoms with Gasteiger partial charge in [0.2, 0.25) is 0 Å². The molecule has 260 valence electrons. The van der Waals surface area contributed by atoms with Crippen LogP contribution in [0.15, 0.2) is 0 Å². The summed E-state index contributed by atoms with van der Waals surface area (Å²) in [6.07, 6.45) is 1.53. The maximum absolute atomic E-state index is 12.6. The number of carbonyl (C=O) groups is 1. The number of ether oxygens (including phenoxy) is 3. The third kappa shape index (κ3) is 12.7. The Labute approximate surface area is 262 Å². The second kappa shape index (κ2) is 21.8. The van der Waals surface area contributed by atoms with Gasteiger partial charge in [-0.25, -0.2) is 0 Å². The van der Waals surface area contributed by atoms with Gasteiger partial charge >= 0.3 is 5.97 Å². The minimum absolute atomic E-state index is 0.0311. The third-order valence-corrected chi connectivity index (χ3v) is 8.94. The van der Waals surface area contributed by atoms with Crippen molar-refractivity contribution >= 4 is 5.97 Å². The molecule has 12 nitrogen and oxygen atoms in total. The van der Waals surface area contributed by atoms with Crippen LogP contribution in [0.25, 0.3) is 0 Å². The molecule has 2 rings (SSSR count). The Hall–Kier alpha value is -0.930. The molecule has 2 fully saturated rings. The van der Waals surface area contributed by atoms with Gasteiger partial charge in [0.05, 0.1) is 6.61 Å². The van der Waals surface area contributed by atoms with E-state index in [1.54, 1.807) is 0 Å². The van der Waals surface area contributed by atoms with Crippen molar-refractivity contribution in [2.45, 2.75) is 190 Å². The molecule has 8 N–H and O–H groups in total. The summed E-state index contributed by atoms with van der Waals surface area (Å²) >= 11 is 0. The molecule has 11 atom stereocenters. The van der Waals surface area contributed by atoms with Crippen LogP contribution in [-0.2, 0) is 19.0 Å². The van der Waals surface area contributed by atoms with Crippen LogP contribution in [0, 0.1) is 0 Å². The van der Waals surface area contributed by atoms with Crippen molar-refractivity contribution in [3.63, 3.8) is 0 Å². The van der Waals surface area contributed by atoms with Crippen LogP contribution < -0.4 is 0 Å². The van der Waals surface area contributed by atoms with Crippen LogP contribution in [-0.4, -0.2) is 121 Å². The molecular weight excluding hydrogens is 576 g/mol. The predicted octanol–water partition coefficient (Wildman–Crippen LogP) is 1.58. The minimum Gasteiger partial charge on any atom is -0.457 e. The largest absolute Gasteiger partial charge is 0.457 e. The van der Waals surface area contributed by atoms with E-state index < -0.39 is 79.9 Å². The molecule has 1 aliphatic carbocycles. The summed E-state index contributed by atoms with van der Waals surface area (Å²) in [5.74, 6) is -0.701. The monoisotopic (exact) mass is 636 g/mol. The summed E-state index contributed by atoms with van der Waals surface area (Å²) in [6.45, 7) is 1.52. The zero-order valence-electron chi connectivity index (χ0n) is 26.5. The molecule has 1 saturated carbocycles. The molecule has 1 heterocycles. The summed E-state index contributed by atoms with van der Waals surface area (Å²) in [6, 6.07) is 0. The molecule has 0 aromatic rings. The zero-order chi connectivity index (χ0) is 32.5. The average Bonchev–Trinajstić information content (AvgIpc) is 3.02. The van der Waals surface area contributed by atoms with Crippen molar-refractivity contribution in [2.75, 3.05) is 6.61 Å².